The smallest absolute Gasteiger partial charge is 0.343 e. The van der Waals surface area contributed by atoms with E-state index in [0.29, 0.717) is 17.7 Å². The van der Waals surface area contributed by atoms with Crippen molar-refractivity contribution in [2.45, 2.75) is 40.0 Å². The van der Waals surface area contributed by atoms with Gasteiger partial charge in [0, 0.05) is 0 Å². The van der Waals surface area contributed by atoms with Crippen LogP contribution >= 0.6 is 0 Å². The van der Waals surface area contributed by atoms with Crippen molar-refractivity contribution in [2.24, 2.45) is 5.92 Å². The molecule has 0 fully saturated rings. The number of carbonyl (C=O) groups excluding carboxylic acids is 5. The van der Waals surface area contributed by atoms with Gasteiger partial charge in [-0.2, -0.15) is 0 Å². The van der Waals surface area contributed by atoms with Crippen LogP contribution in [0.15, 0.2) is 72.8 Å². The van der Waals surface area contributed by atoms with Gasteiger partial charge >= 0.3 is 29.8 Å². The molecule has 3 rings (SSSR count). The number of rotatable bonds is 13. The predicted octanol–water partition coefficient (Wildman–Crippen LogP) is 5.25. The molecule has 220 valence electrons. The molecule has 0 saturated heterocycles. The van der Waals surface area contributed by atoms with Crippen molar-refractivity contribution < 1.29 is 47.7 Å². The third-order valence-electron chi connectivity index (χ3n) is 6.04. The molecule has 0 aromatic heterocycles. The van der Waals surface area contributed by atoms with E-state index >= 15 is 0 Å². The van der Waals surface area contributed by atoms with E-state index in [4.69, 9.17) is 23.7 Å². The van der Waals surface area contributed by atoms with Crippen molar-refractivity contribution in [1.29, 1.82) is 0 Å². The highest BCUT2D eigenvalue weighted by atomic mass is 16.6. The van der Waals surface area contributed by atoms with Crippen molar-refractivity contribution in [2.75, 3.05) is 13.2 Å². The van der Waals surface area contributed by atoms with Crippen LogP contribution in [0.2, 0.25) is 0 Å². The van der Waals surface area contributed by atoms with E-state index in [1.807, 2.05) is 13.0 Å². The maximum absolute atomic E-state index is 12.7. The molecule has 0 aliphatic carbocycles. The molecule has 1 unspecified atom stereocenters. The van der Waals surface area contributed by atoms with Crippen LogP contribution in [0.3, 0.4) is 0 Å². The molecule has 1 atom stereocenters. The Labute approximate surface area is 243 Å². The van der Waals surface area contributed by atoms with E-state index in [1.54, 1.807) is 44.2 Å². The van der Waals surface area contributed by atoms with Crippen LogP contribution in [0.5, 0.6) is 17.2 Å². The number of ether oxygens (including phenoxy) is 5. The fraction of sp³-hybridized carbons (Fsp3) is 0.281. The fourth-order valence-electron chi connectivity index (χ4n) is 3.48. The normalized spacial score (nSPS) is 11.1. The minimum atomic E-state index is -0.651. The van der Waals surface area contributed by atoms with E-state index in [2.05, 4.69) is 0 Å². The summed E-state index contributed by atoms with van der Waals surface area (Å²) in [7, 11) is 0. The summed E-state index contributed by atoms with van der Waals surface area (Å²) in [4.78, 5) is 60.6. The third-order valence-corrected chi connectivity index (χ3v) is 6.04. The highest BCUT2D eigenvalue weighted by molar-refractivity contribution is 5.96. The number of aryl methyl sites for hydroxylation is 1. The molecule has 0 bridgehead atoms. The highest BCUT2D eigenvalue weighted by Crippen LogP contribution is 2.21. The number of hydrogen-bond donors (Lipinski definition) is 0. The van der Waals surface area contributed by atoms with Crippen molar-refractivity contribution >= 4 is 29.8 Å². The van der Waals surface area contributed by atoms with Crippen molar-refractivity contribution in [3.63, 3.8) is 0 Å². The summed E-state index contributed by atoms with van der Waals surface area (Å²) in [5, 5.41) is 0. The molecule has 0 amide bonds. The maximum atomic E-state index is 12.7. The van der Waals surface area contributed by atoms with Crippen molar-refractivity contribution in [1.82, 2.24) is 0 Å². The molecule has 10 nitrogen and oxygen atoms in total. The summed E-state index contributed by atoms with van der Waals surface area (Å²) < 4.78 is 25.9. The second-order valence-electron chi connectivity index (χ2n) is 9.26. The van der Waals surface area contributed by atoms with Crippen LogP contribution < -0.4 is 14.2 Å². The Bertz CT molecular complexity index is 1400. The van der Waals surface area contributed by atoms with Gasteiger partial charge in [-0.3, -0.25) is 14.4 Å². The quantitative estimate of drug-likeness (QED) is 0.151. The summed E-state index contributed by atoms with van der Waals surface area (Å²) in [5.41, 5.74) is 1.08. The first-order valence-corrected chi connectivity index (χ1v) is 13.4. The molecule has 3 aromatic rings. The average molecular weight is 577 g/mol. The van der Waals surface area contributed by atoms with E-state index in [0.717, 1.165) is 0 Å². The summed E-state index contributed by atoms with van der Waals surface area (Å²) in [6.07, 6.45) is 0.242. The lowest BCUT2D eigenvalue weighted by Gasteiger charge is -2.10. The number of esters is 5. The molecule has 0 aliphatic heterocycles. The van der Waals surface area contributed by atoms with Gasteiger partial charge in [-0.15, -0.1) is 0 Å². The Kier molecular flexibility index (Phi) is 11.8. The molecule has 0 heterocycles. The van der Waals surface area contributed by atoms with Crippen LogP contribution in [0, 0.1) is 12.8 Å². The SMILES string of the molecule is CCC(C)C(=O)OCCOC(=O)CCC(=O)Oc1ccc(OC(=O)c2ccc(C(=O)Oc3ccccc3)cc2C)cc1. The van der Waals surface area contributed by atoms with Gasteiger partial charge in [0.05, 0.1) is 29.9 Å². The van der Waals surface area contributed by atoms with Gasteiger partial charge in [0.25, 0.3) is 0 Å². The second kappa shape index (κ2) is 15.7. The van der Waals surface area contributed by atoms with Gasteiger partial charge in [0.15, 0.2) is 0 Å². The molecule has 42 heavy (non-hydrogen) atoms. The topological polar surface area (TPSA) is 132 Å². The lowest BCUT2D eigenvalue weighted by Crippen LogP contribution is -2.19. The monoisotopic (exact) mass is 576 g/mol. The molecule has 0 radical (unpaired) electrons. The van der Waals surface area contributed by atoms with Crippen LogP contribution in [-0.2, 0) is 23.9 Å². The Morgan fingerprint density at radius 1 is 0.667 bits per heavy atom. The number of benzene rings is 3. The summed E-state index contributed by atoms with van der Waals surface area (Å²) in [6, 6.07) is 19.0. The Morgan fingerprint density at radius 3 is 1.88 bits per heavy atom. The van der Waals surface area contributed by atoms with Gasteiger partial charge in [-0.1, -0.05) is 32.0 Å². The standard InChI is InChI=1S/C32H32O10/c1-4-21(2)30(35)39-19-18-38-28(33)16-17-29(34)40-25-11-13-26(14-12-25)42-32(37)27-15-10-23(20-22(27)3)31(36)41-24-8-6-5-7-9-24/h5-15,20-21H,4,16-19H2,1-3H3. The number of carbonyl (C=O) groups is 5. The highest BCUT2D eigenvalue weighted by Gasteiger charge is 2.17. The third kappa shape index (κ3) is 9.88. The maximum Gasteiger partial charge on any atom is 0.343 e. The lowest BCUT2D eigenvalue weighted by molar-refractivity contribution is -0.155. The predicted molar refractivity (Wildman–Crippen MR) is 150 cm³/mol. The zero-order chi connectivity index (χ0) is 30.5. The Hall–Kier alpha value is -4.99. The van der Waals surface area contributed by atoms with E-state index in [1.165, 1.54) is 36.4 Å². The molecular weight excluding hydrogens is 544 g/mol. The fourth-order valence-corrected chi connectivity index (χ4v) is 3.48. The number of para-hydroxylation sites is 1. The largest absolute Gasteiger partial charge is 0.462 e. The van der Waals surface area contributed by atoms with Gasteiger partial charge in [-0.05, 0) is 73.5 Å². The molecule has 0 N–H and O–H groups in total. The average Bonchev–Trinajstić information content (AvgIpc) is 2.99. The molecule has 0 aliphatic rings. The van der Waals surface area contributed by atoms with Crippen molar-refractivity contribution in [3.8, 4) is 17.2 Å². The first-order valence-electron chi connectivity index (χ1n) is 13.4. The first kappa shape index (κ1) is 31.5. The minimum Gasteiger partial charge on any atom is -0.462 e. The van der Waals surface area contributed by atoms with Crippen LogP contribution in [0.4, 0.5) is 0 Å². The van der Waals surface area contributed by atoms with Gasteiger partial charge in [0.2, 0.25) is 0 Å². The number of hydrogen-bond acceptors (Lipinski definition) is 10. The molecule has 3 aromatic carbocycles. The van der Waals surface area contributed by atoms with Crippen LogP contribution in [0.1, 0.15) is 59.4 Å². The molecular formula is C32H32O10. The van der Waals surface area contributed by atoms with Gasteiger partial charge < -0.3 is 23.7 Å². The Morgan fingerprint density at radius 2 is 1.24 bits per heavy atom. The van der Waals surface area contributed by atoms with Gasteiger partial charge in [0.1, 0.15) is 30.5 Å². The first-order chi connectivity index (χ1) is 20.2. The lowest BCUT2D eigenvalue weighted by atomic mass is 10.1. The van der Waals surface area contributed by atoms with Crippen LogP contribution in [-0.4, -0.2) is 43.1 Å². The van der Waals surface area contributed by atoms with Crippen molar-refractivity contribution in [3.05, 3.63) is 89.5 Å². The molecule has 0 saturated carbocycles. The molecule has 10 heteroatoms. The molecule has 0 spiro atoms. The van der Waals surface area contributed by atoms with E-state index < -0.39 is 23.9 Å². The summed E-state index contributed by atoms with van der Waals surface area (Å²) in [5.74, 6) is -2.21. The van der Waals surface area contributed by atoms with Gasteiger partial charge in [-0.25, -0.2) is 9.59 Å². The summed E-state index contributed by atoms with van der Waals surface area (Å²) in [6.45, 7) is 5.14. The van der Waals surface area contributed by atoms with E-state index in [-0.39, 0.29) is 60.6 Å². The zero-order valence-electron chi connectivity index (χ0n) is 23.6. The summed E-state index contributed by atoms with van der Waals surface area (Å²) >= 11 is 0. The zero-order valence-corrected chi connectivity index (χ0v) is 23.6. The van der Waals surface area contributed by atoms with Crippen LogP contribution in [0.25, 0.3) is 0 Å². The van der Waals surface area contributed by atoms with E-state index in [9.17, 15) is 24.0 Å². The second-order valence-corrected chi connectivity index (χ2v) is 9.26. The minimum absolute atomic E-state index is 0.0510. The Balaban J connectivity index is 1.42.